The van der Waals surface area contributed by atoms with Crippen LogP contribution in [-0.4, -0.2) is 19.5 Å². The van der Waals surface area contributed by atoms with Crippen LogP contribution in [0.15, 0.2) is 18.2 Å². The number of ketones is 1. The lowest BCUT2D eigenvalue weighted by Gasteiger charge is -2.33. The molecule has 1 aromatic carbocycles. The number of hydrogen-bond acceptors (Lipinski definition) is 3. The van der Waals surface area contributed by atoms with E-state index in [4.69, 9.17) is 9.47 Å². The summed E-state index contributed by atoms with van der Waals surface area (Å²) in [4.78, 5) is 11.5. The molecule has 0 radical (unpaired) electrons. The van der Waals surface area contributed by atoms with Crippen LogP contribution < -0.4 is 4.74 Å². The lowest BCUT2D eigenvalue weighted by atomic mass is 9.87. The van der Waals surface area contributed by atoms with Crippen molar-refractivity contribution < 1.29 is 18.7 Å². The Hall–Kier alpha value is -1.42. The van der Waals surface area contributed by atoms with Gasteiger partial charge in [0.1, 0.15) is 5.78 Å². The van der Waals surface area contributed by atoms with Gasteiger partial charge in [-0.2, -0.15) is 0 Å². The zero-order valence-electron chi connectivity index (χ0n) is 9.96. The summed E-state index contributed by atoms with van der Waals surface area (Å²) in [5, 5.41) is 0. The lowest BCUT2D eigenvalue weighted by molar-refractivity contribution is -0.138. The third-order valence-electron chi connectivity index (χ3n) is 3.10. The molecule has 2 rings (SSSR count). The summed E-state index contributed by atoms with van der Waals surface area (Å²) in [5.41, 5.74) is -0.0496. The Morgan fingerprint density at radius 3 is 2.82 bits per heavy atom. The highest BCUT2D eigenvalue weighted by Gasteiger charge is 2.34. The quantitative estimate of drug-likeness (QED) is 0.793. The Balaban J connectivity index is 2.32. The summed E-state index contributed by atoms with van der Waals surface area (Å²) >= 11 is 0. The summed E-state index contributed by atoms with van der Waals surface area (Å²) in [6, 6.07) is 4.66. The Bertz CT molecular complexity index is 444. The highest BCUT2D eigenvalue weighted by molar-refractivity contribution is 5.80. The van der Waals surface area contributed by atoms with Crippen LogP contribution in [-0.2, 0) is 15.1 Å². The van der Waals surface area contributed by atoms with E-state index in [0.29, 0.717) is 25.0 Å². The predicted molar refractivity (Wildman–Crippen MR) is 60.5 cm³/mol. The molecule has 1 aliphatic rings. The molecule has 0 amide bonds. The SMILES string of the molecule is COc1ccc(C2(C)CC(=O)CCO2)cc1F. The van der Waals surface area contributed by atoms with Crippen molar-refractivity contribution in [2.24, 2.45) is 0 Å². The summed E-state index contributed by atoms with van der Waals surface area (Å²) in [7, 11) is 1.42. The van der Waals surface area contributed by atoms with Crippen LogP contribution >= 0.6 is 0 Å². The molecule has 4 heteroatoms. The zero-order valence-corrected chi connectivity index (χ0v) is 9.96. The summed E-state index contributed by atoms with van der Waals surface area (Å²) in [6.45, 7) is 2.20. The zero-order chi connectivity index (χ0) is 12.5. The molecule has 92 valence electrons. The maximum absolute atomic E-state index is 13.6. The number of carbonyl (C=O) groups is 1. The smallest absolute Gasteiger partial charge is 0.165 e. The van der Waals surface area contributed by atoms with Gasteiger partial charge in [0, 0.05) is 12.8 Å². The van der Waals surface area contributed by atoms with E-state index in [1.807, 2.05) is 6.92 Å². The number of ether oxygens (including phenoxy) is 2. The minimum atomic E-state index is -0.720. The molecule has 1 fully saturated rings. The Morgan fingerprint density at radius 1 is 1.47 bits per heavy atom. The summed E-state index contributed by atoms with van der Waals surface area (Å²) in [6.07, 6.45) is 0.729. The first kappa shape index (κ1) is 12.0. The Labute approximate surface area is 99.5 Å². The van der Waals surface area contributed by atoms with Crippen molar-refractivity contribution in [2.75, 3.05) is 13.7 Å². The fourth-order valence-electron chi connectivity index (χ4n) is 2.09. The fraction of sp³-hybridized carbons (Fsp3) is 0.462. The van der Waals surface area contributed by atoms with E-state index in [1.165, 1.54) is 13.2 Å². The minimum absolute atomic E-state index is 0.148. The average molecular weight is 238 g/mol. The number of carbonyl (C=O) groups excluding carboxylic acids is 1. The van der Waals surface area contributed by atoms with Crippen LogP contribution in [0.4, 0.5) is 4.39 Å². The van der Waals surface area contributed by atoms with Crippen molar-refractivity contribution in [3.05, 3.63) is 29.6 Å². The van der Waals surface area contributed by atoms with Crippen LogP contribution in [0.2, 0.25) is 0 Å². The van der Waals surface area contributed by atoms with Gasteiger partial charge in [-0.25, -0.2) is 4.39 Å². The van der Waals surface area contributed by atoms with E-state index < -0.39 is 11.4 Å². The van der Waals surface area contributed by atoms with E-state index in [9.17, 15) is 9.18 Å². The van der Waals surface area contributed by atoms with E-state index in [1.54, 1.807) is 12.1 Å². The maximum Gasteiger partial charge on any atom is 0.165 e. The molecular formula is C13H15FO3. The number of methoxy groups -OCH3 is 1. The molecule has 3 nitrogen and oxygen atoms in total. The van der Waals surface area contributed by atoms with Crippen molar-refractivity contribution in [1.82, 2.24) is 0 Å². The van der Waals surface area contributed by atoms with Gasteiger partial charge in [0.05, 0.1) is 19.3 Å². The molecule has 1 aromatic rings. The van der Waals surface area contributed by atoms with Crippen LogP contribution in [0.1, 0.15) is 25.3 Å². The summed E-state index contributed by atoms with van der Waals surface area (Å²) < 4.78 is 24.1. The van der Waals surface area contributed by atoms with E-state index in [2.05, 4.69) is 0 Å². The van der Waals surface area contributed by atoms with Gasteiger partial charge >= 0.3 is 0 Å². The number of halogens is 1. The van der Waals surface area contributed by atoms with Crippen LogP contribution in [0.25, 0.3) is 0 Å². The first-order chi connectivity index (χ1) is 8.05. The number of Topliss-reactive ketones (excluding diaryl/α,β-unsaturated/α-hetero) is 1. The van der Waals surface area contributed by atoms with Crippen molar-refractivity contribution in [1.29, 1.82) is 0 Å². The number of rotatable bonds is 2. The first-order valence-electron chi connectivity index (χ1n) is 5.55. The molecule has 0 aliphatic carbocycles. The van der Waals surface area contributed by atoms with Crippen molar-refractivity contribution in [2.45, 2.75) is 25.4 Å². The molecule has 1 atom stereocenters. The van der Waals surface area contributed by atoms with Gasteiger partial charge in [-0.3, -0.25) is 4.79 Å². The Kier molecular flexibility index (Phi) is 3.15. The summed E-state index contributed by atoms with van der Waals surface area (Å²) in [5.74, 6) is -0.0951. The molecule has 1 heterocycles. The van der Waals surface area contributed by atoms with Gasteiger partial charge in [0.25, 0.3) is 0 Å². The number of hydrogen-bond donors (Lipinski definition) is 0. The van der Waals surface area contributed by atoms with Gasteiger partial charge in [0.15, 0.2) is 11.6 Å². The third kappa shape index (κ3) is 2.31. The molecule has 0 saturated carbocycles. The van der Waals surface area contributed by atoms with Crippen molar-refractivity contribution >= 4 is 5.78 Å². The highest BCUT2D eigenvalue weighted by Crippen LogP contribution is 2.34. The second kappa shape index (κ2) is 4.45. The van der Waals surface area contributed by atoms with Crippen molar-refractivity contribution in [3.8, 4) is 5.75 Å². The minimum Gasteiger partial charge on any atom is -0.494 e. The molecule has 0 N–H and O–H groups in total. The molecule has 0 bridgehead atoms. The van der Waals surface area contributed by atoms with E-state index >= 15 is 0 Å². The largest absolute Gasteiger partial charge is 0.494 e. The average Bonchev–Trinajstić information content (AvgIpc) is 2.28. The normalized spacial score (nSPS) is 24.8. The monoisotopic (exact) mass is 238 g/mol. The highest BCUT2D eigenvalue weighted by atomic mass is 19.1. The van der Waals surface area contributed by atoms with Gasteiger partial charge in [-0.15, -0.1) is 0 Å². The maximum atomic E-state index is 13.6. The van der Waals surface area contributed by atoms with E-state index in [-0.39, 0.29) is 11.5 Å². The van der Waals surface area contributed by atoms with Crippen LogP contribution in [0.5, 0.6) is 5.75 Å². The third-order valence-corrected chi connectivity index (χ3v) is 3.10. The second-order valence-corrected chi connectivity index (χ2v) is 4.39. The molecule has 0 aromatic heterocycles. The molecule has 1 saturated heterocycles. The topological polar surface area (TPSA) is 35.5 Å². The molecular weight excluding hydrogens is 223 g/mol. The van der Waals surface area contributed by atoms with Crippen LogP contribution in [0, 0.1) is 5.82 Å². The molecule has 1 aliphatic heterocycles. The standard InChI is InChI=1S/C13H15FO3/c1-13(8-10(15)5-6-17-13)9-3-4-12(16-2)11(14)7-9/h3-4,7H,5-6,8H2,1-2H3. The first-order valence-corrected chi connectivity index (χ1v) is 5.55. The van der Waals surface area contributed by atoms with Crippen LogP contribution in [0.3, 0.4) is 0 Å². The predicted octanol–water partition coefficient (Wildman–Crippen LogP) is 2.43. The van der Waals surface area contributed by atoms with Gasteiger partial charge in [-0.05, 0) is 24.6 Å². The molecule has 1 unspecified atom stereocenters. The fourth-order valence-corrected chi connectivity index (χ4v) is 2.09. The van der Waals surface area contributed by atoms with Crippen molar-refractivity contribution in [3.63, 3.8) is 0 Å². The second-order valence-electron chi connectivity index (χ2n) is 4.39. The van der Waals surface area contributed by atoms with Gasteiger partial charge in [-0.1, -0.05) is 6.07 Å². The molecule has 17 heavy (non-hydrogen) atoms. The molecule has 0 spiro atoms. The number of benzene rings is 1. The van der Waals surface area contributed by atoms with E-state index in [0.717, 1.165) is 0 Å². The van der Waals surface area contributed by atoms with Gasteiger partial charge < -0.3 is 9.47 Å². The Morgan fingerprint density at radius 2 is 2.24 bits per heavy atom. The van der Waals surface area contributed by atoms with Gasteiger partial charge in [0.2, 0.25) is 0 Å². The lowest BCUT2D eigenvalue weighted by Crippen LogP contribution is -2.34.